The summed E-state index contributed by atoms with van der Waals surface area (Å²) in [6.07, 6.45) is 4.00. The van der Waals surface area contributed by atoms with E-state index < -0.39 is 0 Å². The van der Waals surface area contributed by atoms with Gasteiger partial charge in [-0.3, -0.25) is 0 Å². The zero-order valence-electron chi connectivity index (χ0n) is 10.1. The quantitative estimate of drug-likeness (QED) is 0.846. The molecule has 0 aromatic carbocycles. The number of nitrogens with zero attached hydrogens (tertiary/aromatic N) is 1. The van der Waals surface area contributed by atoms with Gasteiger partial charge in [0.15, 0.2) is 0 Å². The first kappa shape index (κ1) is 11.4. The maximum Gasteiger partial charge on any atom is 0.213 e. The van der Waals surface area contributed by atoms with Crippen LogP contribution < -0.4 is 10.1 Å². The molecule has 0 saturated heterocycles. The van der Waals surface area contributed by atoms with Gasteiger partial charge in [0.2, 0.25) is 5.88 Å². The maximum absolute atomic E-state index is 5.11. The molecule has 1 heterocycles. The van der Waals surface area contributed by atoms with Gasteiger partial charge in [-0.1, -0.05) is 19.4 Å². The van der Waals surface area contributed by atoms with E-state index in [9.17, 15) is 0 Å². The van der Waals surface area contributed by atoms with Crippen molar-refractivity contribution in [3.63, 3.8) is 0 Å². The van der Waals surface area contributed by atoms with E-state index in [0.29, 0.717) is 11.9 Å². The fraction of sp³-hybridized carbons (Fsp3) is 0.615. The minimum Gasteiger partial charge on any atom is -0.481 e. The number of hydrogen-bond donors (Lipinski definition) is 1. The van der Waals surface area contributed by atoms with Gasteiger partial charge in [-0.05, 0) is 24.8 Å². The van der Waals surface area contributed by atoms with Gasteiger partial charge >= 0.3 is 0 Å². The molecule has 2 unspecified atom stereocenters. The average Bonchev–Trinajstić information content (AvgIpc) is 2.72. The Balaban J connectivity index is 1.88. The second-order valence-electron chi connectivity index (χ2n) is 4.57. The van der Waals surface area contributed by atoms with Gasteiger partial charge in [-0.2, -0.15) is 0 Å². The minimum absolute atomic E-state index is 0.660. The third-order valence-electron chi connectivity index (χ3n) is 3.40. The SMILES string of the molecule is COc1cccc(CNC2CCCC2C)n1. The summed E-state index contributed by atoms with van der Waals surface area (Å²) in [5.41, 5.74) is 1.05. The molecule has 1 N–H and O–H groups in total. The van der Waals surface area contributed by atoms with Crippen molar-refractivity contribution in [2.45, 2.75) is 38.8 Å². The van der Waals surface area contributed by atoms with Gasteiger partial charge in [0.25, 0.3) is 0 Å². The van der Waals surface area contributed by atoms with E-state index in [1.54, 1.807) is 7.11 Å². The van der Waals surface area contributed by atoms with Crippen LogP contribution in [0, 0.1) is 5.92 Å². The van der Waals surface area contributed by atoms with Crippen LogP contribution in [0.4, 0.5) is 0 Å². The molecule has 0 amide bonds. The van der Waals surface area contributed by atoms with Gasteiger partial charge in [-0.15, -0.1) is 0 Å². The predicted molar refractivity (Wildman–Crippen MR) is 64.4 cm³/mol. The number of aromatic nitrogens is 1. The highest BCUT2D eigenvalue weighted by Crippen LogP contribution is 2.24. The molecular weight excluding hydrogens is 200 g/mol. The van der Waals surface area contributed by atoms with Crippen molar-refractivity contribution in [1.29, 1.82) is 0 Å². The average molecular weight is 220 g/mol. The second kappa shape index (κ2) is 5.30. The molecule has 3 heteroatoms. The van der Waals surface area contributed by atoms with Gasteiger partial charge in [0, 0.05) is 18.7 Å². The summed E-state index contributed by atoms with van der Waals surface area (Å²) in [6, 6.07) is 6.56. The van der Waals surface area contributed by atoms with E-state index in [0.717, 1.165) is 18.2 Å². The molecule has 1 fully saturated rings. The number of rotatable bonds is 4. The molecule has 2 atom stereocenters. The fourth-order valence-corrected chi connectivity index (χ4v) is 2.35. The van der Waals surface area contributed by atoms with E-state index in [-0.39, 0.29) is 0 Å². The van der Waals surface area contributed by atoms with E-state index in [2.05, 4.69) is 17.2 Å². The van der Waals surface area contributed by atoms with E-state index in [4.69, 9.17) is 4.74 Å². The fourth-order valence-electron chi connectivity index (χ4n) is 2.35. The number of pyridine rings is 1. The molecule has 1 aromatic rings. The lowest BCUT2D eigenvalue weighted by Crippen LogP contribution is -2.30. The molecule has 1 aliphatic carbocycles. The number of methoxy groups -OCH3 is 1. The molecule has 1 saturated carbocycles. The molecule has 0 aliphatic heterocycles. The summed E-state index contributed by atoms with van der Waals surface area (Å²) in [5.74, 6) is 1.49. The van der Waals surface area contributed by atoms with Crippen LogP contribution >= 0.6 is 0 Å². The zero-order chi connectivity index (χ0) is 11.4. The van der Waals surface area contributed by atoms with Gasteiger partial charge in [0.1, 0.15) is 0 Å². The molecule has 88 valence electrons. The molecule has 0 radical (unpaired) electrons. The summed E-state index contributed by atoms with van der Waals surface area (Å²) in [5, 5.41) is 3.58. The molecule has 3 nitrogen and oxygen atoms in total. The lowest BCUT2D eigenvalue weighted by atomic mass is 10.1. The Bertz CT molecular complexity index is 340. The van der Waals surface area contributed by atoms with E-state index >= 15 is 0 Å². The second-order valence-corrected chi connectivity index (χ2v) is 4.57. The van der Waals surface area contributed by atoms with Gasteiger partial charge < -0.3 is 10.1 Å². The van der Waals surface area contributed by atoms with Crippen molar-refractivity contribution in [3.8, 4) is 5.88 Å². The van der Waals surface area contributed by atoms with Crippen LogP contribution in [0.5, 0.6) is 5.88 Å². The van der Waals surface area contributed by atoms with Crippen molar-refractivity contribution in [1.82, 2.24) is 10.3 Å². The molecule has 0 spiro atoms. The highest BCUT2D eigenvalue weighted by Gasteiger charge is 2.22. The topological polar surface area (TPSA) is 34.1 Å². The molecule has 1 aliphatic rings. The molecule has 2 rings (SSSR count). The summed E-state index contributed by atoms with van der Waals surface area (Å²) < 4.78 is 5.11. The number of hydrogen-bond acceptors (Lipinski definition) is 3. The lowest BCUT2D eigenvalue weighted by Gasteiger charge is -2.16. The van der Waals surface area contributed by atoms with Crippen molar-refractivity contribution < 1.29 is 4.74 Å². The van der Waals surface area contributed by atoms with Crippen molar-refractivity contribution in [3.05, 3.63) is 23.9 Å². The van der Waals surface area contributed by atoms with Crippen molar-refractivity contribution in [2.24, 2.45) is 5.92 Å². The summed E-state index contributed by atoms with van der Waals surface area (Å²) in [4.78, 5) is 4.39. The normalized spacial score (nSPS) is 24.6. The van der Waals surface area contributed by atoms with Crippen LogP contribution in [-0.4, -0.2) is 18.1 Å². The summed E-state index contributed by atoms with van der Waals surface area (Å²) in [7, 11) is 1.65. The molecule has 16 heavy (non-hydrogen) atoms. The molecule has 0 bridgehead atoms. The maximum atomic E-state index is 5.11. The number of ether oxygens (including phenoxy) is 1. The van der Waals surface area contributed by atoms with E-state index in [1.165, 1.54) is 19.3 Å². The zero-order valence-corrected chi connectivity index (χ0v) is 10.1. The van der Waals surface area contributed by atoms with Crippen molar-refractivity contribution >= 4 is 0 Å². The van der Waals surface area contributed by atoms with Gasteiger partial charge in [0.05, 0.1) is 12.8 Å². The Labute approximate surface area is 97.2 Å². The first-order chi connectivity index (χ1) is 7.79. The summed E-state index contributed by atoms with van der Waals surface area (Å²) >= 11 is 0. The van der Waals surface area contributed by atoms with Crippen molar-refractivity contribution in [2.75, 3.05) is 7.11 Å². The third kappa shape index (κ3) is 2.73. The van der Waals surface area contributed by atoms with Crippen LogP contribution in [0.25, 0.3) is 0 Å². The Kier molecular flexibility index (Phi) is 3.78. The largest absolute Gasteiger partial charge is 0.481 e. The van der Waals surface area contributed by atoms with E-state index in [1.807, 2.05) is 18.2 Å². The first-order valence-corrected chi connectivity index (χ1v) is 6.03. The Hall–Kier alpha value is -1.09. The van der Waals surface area contributed by atoms with Crippen LogP contribution in [0.2, 0.25) is 0 Å². The molecule has 1 aromatic heterocycles. The minimum atomic E-state index is 0.660. The lowest BCUT2D eigenvalue weighted by molar-refractivity contribution is 0.391. The molecular formula is C13H20N2O. The monoisotopic (exact) mass is 220 g/mol. The Morgan fingerprint density at radius 1 is 1.44 bits per heavy atom. The smallest absolute Gasteiger partial charge is 0.213 e. The predicted octanol–water partition coefficient (Wildman–Crippen LogP) is 2.37. The van der Waals surface area contributed by atoms with Crippen LogP contribution in [0.1, 0.15) is 31.9 Å². The third-order valence-corrected chi connectivity index (χ3v) is 3.40. The van der Waals surface area contributed by atoms with Gasteiger partial charge in [-0.25, -0.2) is 4.98 Å². The Morgan fingerprint density at radius 3 is 3.00 bits per heavy atom. The van der Waals surface area contributed by atoms with Crippen LogP contribution in [-0.2, 0) is 6.54 Å². The van der Waals surface area contributed by atoms with Crippen LogP contribution in [0.15, 0.2) is 18.2 Å². The summed E-state index contributed by atoms with van der Waals surface area (Å²) in [6.45, 7) is 3.16. The highest BCUT2D eigenvalue weighted by atomic mass is 16.5. The van der Waals surface area contributed by atoms with Crippen LogP contribution in [0.3, 0.4) is 0 Å². The highest BCUT2D eigenvalue weighted by molar-refractivity contribution is 5.15. The number of nitrogens with one attached hydrogen (secondary N) is 1. The Morgan fingerprint density at radius 2 is 2.31 bits per heavy atom. The first-order valence-electron chi connectivity index (χ1n) is 6.03. The standard InChI is InChI=1S/C13H20N2O/c1-10-5-3-7-12(10)14-9-11-6-4-8-13(15-11)16-2/h4,6,8,10,12,14H,3,5,7,9H2,1-2H3.